The first-order valence-corrected chi connectivity index (χ1v) is 26.4. The van der Waals surface area contributed by atoms with Gasteiger partial charge < -0.3 is 4.90 Å². The van der Waals surface area contributed by atoms with Crippen LogP contribution in [0.2, 0.25) is 0 Å². The number of thiophene rings is 1. The van der Waals surface area contributed by atoms with Crippen molar-refractivity contribution in [1.82, 2.24) is 0 Å². The van der Waals surface area contributed by atoms with E-state index >= 15 is 0 Å². The Morgan fingerprint density at radius 1 is 0.397 bits per heavy atom. The average molecular weight is 948 g/mol. The summed E-state index contributed by atoms with van der Waals surface area (Å²) in [7, 11) is 0. The minimum atomic E-state index is -0.404. The zero-order chi connectivity index (χ0) is 48.7. The van der Waals surface area contributed by atoms with Crippen LogP contribution in [-0.4, -0.2) is 0 Å². The van der Waals surface area contributed by atoms with Crippen molar-refractivity contribution < 1.29 is 0 Å². The Morgan fingerprint density at radius 3 is 1.53 bits per heavy atom. The van der Waals surface area contributed by atoms with E-state index in [0.29, 0.717) is 0 Å². The molecule has 15 rings (SSSR count). The fraction of sp³-hybridized carbons (Fsp3) is 0.0704. The van der Waals surface area contributed by atoms with Gasteiger partial charge in [-0.1, -0.05) is 190 Å². The molecule has 0 bridgehead atoms. The van der Waals surface area contributed by atoms with Gasteiger partial charge in [0.05, 0.1) is 5.41 Å². The summed E-state index contributed by atoms with van der Waals surface area (Å²) in [5.74, 6) is 0. The van der Waals surface area contributed by atoms with Gasteiger partial charge in [0, 0.05) is 42.7 Å². The number of hydrogen-bond acceptors (Lipinski definition) is 2. The normalized spacial score (nSPS) is 14.5. The molecule has 1 aromatic heterocycles. The van der Waals surface area contributed by atoms with E-state index in [-0.39, 0.29) is 5.41 Å². The summed E-state index contributed by atoms with van der Waals surface area (Å²) in [4.78, 5) is 2.45. The number of nitrogens with zero attached hydrogens (tertiary/aromatic N) is 1. The lowest BCUT2D eigenvalue weighted by atomic mass is 9.70. The third-order valence-electron chi connectivity index (χ3n) is 16.8. The average Bonchev–Trinajstić information content (AvgIpc) is 4.12. The van der Waals surface area contributed by atoms with E-state index in [0.717, 1.165) is 28.2 Å². The Morgan fingerprint density at radius 2 is 0.877 bits per heavy atom. The Balaban J connectivity index is 0.861. The molecule has 3 aliphatic carbocycles. The van der Waals surface area contributed by atoms with Crippen LogP contribution in [0.15, 0.2) is 243 Å². The van der Waals surface area contributed by atoms with E-state index < -0.39 is 5.41 Å². The van der Waals surface area contributed by atoms with Gasteiger partial charge in [-0.2, -0.15) is 0 Å². The maximum absolute atomic E-state index is 4.77. The van der Waals surface area contributed by atoms with Crippen LogP contribution in [-0.2, 0) is 10.8 Å². The SMILES string of the molecule is C=C(/C=C\C(=C/C)N(c1ccc2c(c1)-c1ccccc1C21c2ccccc2-c2ccccc21)c1ccc2sc3ccccc3c2c1)c1ccc2c(c1)-c1cc3c4ccccc4c4ccccc4c3cc1C2(C)C. The summed E-state index contributed by atoms with van der Waals surface area (Å²) in [6.45, 7) is 11.7. The fourth-order valence-electron chi connectivity index (χ4n) is 13.5. The van der Waals surface area contributed by atoms with Crippen molar-refractivity contribution in [3.8, 4) is 33.4 Å². The lowest BCUT2D eigenvalue weighted by molar-refractivity contribution is 0.661. The summed E-state index contributed by atoms with van der Waals surface area (Å²) in [5, 5.41) is 10.4. The first-order valence-electron chi connectivity index (χ1n) is 25.5. The quantitative estimate of drug-likeness (QED) is 0.119. The minimum Gasteiger partial charge on any atom is -0.311 e. The molecule has 0 saturated heterocycles. The van der Waals surface area contributed by atoms with Crippen molar-refractivity contribution in [2.75, 3.05) is 4.90 Å². The zero-order valence-corrected chi connectivity index (χ0v) is 41.8. The van der Waals surface area contributed by atoms with Gasteiger partial charge in [0.15, 0.2) is 0 Å². The molecule has 344 valence electrons. The molecular formula is C71H49NS. The third-order valence-corrected chi connectivity index (χ3v) is 17.9. The predicted molar refractivity (Wildman–Crippen MR) is 313 cm³/mol. The summed E-state index contributed by atoms with van der Waals surface area (Å²) in [5.41, 5.74) is 20.7. The van der Waals surface area contributed by atoms with Crippen LogP contribution >= 0.6 is 11.3 Å². The van der Waals surface area contributed by atoms with Crippen molar-refractivity contribution in [3.05, 3.63) is 282 Å². The van der Waals surface area contributed by atoms with Gasteiger partial charge in [-0.05, 0) is 178 Å². The lowest BCUT2D eigenvalue weighted by Gasteiger charge is -2.31. The molecule has 12 aromatic rings. The first-order chi connectivity index (χ1) is 35.8. The van der Waals surface area contributed by atoms with Crippen LogP contribution in [0, 0.1) is 0 Å². The Hall–Kier alpha value is -8.56. The van der Waals surface area contributed by atoms with E-state index in [2.05, 4.69) is 256 Å². The number of hydrogen-bond donors (Lipinski definition) is 0. The third kappa shape index (κ3) is 5.79. The number of anilines is 2. The van der Waals surface area contributed by atoms with Crippen molar-refractivity contribution in [2.45, 2.75) is 31.6 Å². The van der Waals surface area contributed by atoms with E-state index in [1.807, 2.05) is 11.3 Å². The first kappa shape index (κ1) is 42.2. The van der Waals surface area contributed by atoms with Gasteiger partial charge in [0.25, 0.3) is 0 Å². The molecule has 1 nitrogen and oxygen atoms in total. The number of allylic oxidation sites excluding steroid dienone is 4. The zero-order valence-electron chi connectivity index (χ0n) is 41.0. The second-order valence-electron chi connectivity index (χ2n) is 20.7. The van der Waals surface area contributed by atoms with E-state index in [1.165, 1.54) is 119 Å². The highest BCUT2D eigenvalue weighted by Gasteiger charge is 2.51. The van der Waals surface area contributed by atoms with Gasteiger partial charge in [-0.25, -0.2) is 0 Å². The second kappa shape index (κ2) is 15.5. The predicted octanol–water partition coefficient (Wildman–Crippen LogP) is 19.5. The molecular weight excluding hydrogens is 899 g/mol. The number of rotatable bonds is 6. The van der Waals surface area contributed by atoms with Crippen LogP contribution in [0.3, 0.4) is 0 Å². The van der Waals surface area contributed by atoms with Crippen molar-refractivity contribution in [2.24, 2.45) is 0 Å². The Labute approximate surface area is 430 Å². The van der Waals surface area contributed by atoms with Crippen LogP contribution in [0.1, 0.15) is 59.7 Å². The van der Waals surface area contributed by atoms with Crippen LogP contribution < -0.4 is 4.90 Å². The van der Waals surface area contributed by atoms with Crippen LogP contribution in [0.4, 0.5) is 11.4 Å². The standard InChI is InChI=1S/C71H49NS/c1-5-45(32-30-43(2)44-31-35-62-58(38-44)60-41-56-50-20-8-6-18-48(50)49-19-7-9-21-51(49)57(56)42-67(60)70(62,3)4)72(47-34-37-69-61(40-47)55-25-13-17-29-68(55)73-69)46-33-36-66-59(39-46)54-24-12-16-28-65(54)71(66)63-26-14-10-22-52(63)53-23-11-15-27-64(53)71/h5-42H,2H2,1,3-4H3/b32-30-,45-5+. The van der Waals surface area contributed by atoms with E-state index in [1.54, 1.807) is 0 Å². The number of fused-ring (bicyclic) bond motifs is 22. The summed E-state index contributed by atoms with van der Waals surface area (Å²) in [6.07, 6.45) is 6.72. The molecule has 11 aromatic carbocycles. The molecule has 1 heterocycles. The lowest BCUT2D eigenvalue weighted by Crippen LogP contribution is -2.25. The molecule has 0 saturated carbocycles. The molecule has 0 atom stereocenters. The van der Waals surface area contributed by atoms with Crippen molar-refractivity contribution in [1.29, 1.82) is 0 Å². The smallest absolute Gasteiger partial charge is 0.0725 e. The minimum absolute atomic E-state index is 0.157. The molecule has 3 aliphatic rings. The Kier molecular flexibility index (Phi) is 8.93. The van der Waals surface area contributed by atoms with Gasteiger partial charge >= 0.3 is 0 Å². The summed E-state index contributed by atoms with van der Waals surface area (Å²) < 4.78 is 2.59. The molecule has 1 spiro atoms. The molecule has 0 radical (unpaired) electrons. The van der Waals surface area contributed by atoms with E-state index in [4.69, 9.17) is 6.58 Å². The molecule has 0 amide bonds. The van der Waals surface area contributed by atoms with Crippen LogP contribution in [0.25, 0.3) is 91.4 Å². The largest absolute Gasteiger partial charge is 0.311 e. The van der Waals surface area contributed by atoms with Gasteiger partial charge in [-0.15, -0.1) is 11.3 Å². The molecule has 0 N–H and O–H groups in total. The van der Waals surface area contributed by atoms with Crippen LogP contribution in [0.5, 0.6) is 0 Å². The van der Waals surface area contributed by atoms with Gasteiger partial charge in [0.2, 0.25) is 0 Å². The van der Waals surface area contributed by atoms with Crippen molar-refractivity contribution in [3.63, 3.8) is 0 Å². The Bertz CT molecular complexity index is 4410. The monoisotopic (exact) mass is 947 g/mol. The van der Waals surface area contributed by atoms with Gasteiger partial charge in [0.1, 0.15) is 0 Å². The fourth-order valence-corrected chi connectivity index (χ4v) is 14.5. The molecule has 2 heteroatoms. The maximum atomic E-state index is 4.77. The maximum Gasteiger partial charge on any atom is 0.0725 e. The van der Waals surface area contributed by atoms with E-state index in [9.17, 15) is 0 Å². The summed E-state index contributed by atoms with van der Waals surface area (Å²) >= 11 is 1.86. The topological polar surface area (TPSA) is 3.24 Å². The molecule has 0 unspecified atom stereocenters. The summed E-state index contributed by atoms with van der Waals surface area (Å²) in [6, 6.07) is 79.9. The second-order valence-corrected chi connectivity index (χ2v) is 21.8. The van der Waals surface area contributed by atoms with Gasteiger partial charge in [-0.3, -0.25) is 0 Å². The molecule has 0 fully saturated rings. The molecule has 0 aliphatic heterocycles. The molecule has 73 heavy (non-hydrogen) atoms. The van der Waals surface area contributed by atoms with Crippen molar-refractivity contribution >= 4 is 80.8 Å². The highest BCUT2D eigenvalue weighted by molar-refractivity contribution is 7.25. The highest BCUT2D eigenvalue weighted by atomic mass is 32.1. The highest BCUT2D eigenvalue weighted by Crippen LogP contribution is 2.63. The number of benzene rings is 11.